The molecule has 3 aliphatic heterocycles. The van der Waals surface area contributed by atoms with Crippen LogP contribution in [0.4, 0.5) is 0 Å². The van der Waals surface area contributed by atoms with Crippen molar-refractivity contribution in [3.8, 4) is 0 Å². The second-order valence-corrected chi connectivity index (χ2v) is 25.8. The van der Waals surface area contributed by atoms with Crippen LogP contribution in [-0.2, 0) is 148 Å². The molecule has 37 heteroatoms. The summed E-state index contributed by atoms with van der Waals surface area (Å²) in [6, 6.07) is -4.46. The molecule has 17 atom stereocenters. The first-order chi connectivity index (χ1) is 50.1. The van der Waals surface area contributed by atoms with Gasteiger partial charge in [0.15, 0.2) is 55.2 Å². The Balaban J connectivity index is 1.62. The standard InChI is InChI=1S/C69H108N6O31/c1-37-60(98-44(8)82)61(99-45(9)83)52(34-95-41(5)79)104-67(37)92-31-23-18-28-57(90)74-51(25-15-20-30-71-56(89)27-17-22-33-94-69-59(73-40(4)78)65(103-49(13)87)63(101-47(11)85)54(106-69)36-97-43(7)81)66(91)75-50(38(2)76)24-14-19-29-70-55(88)26-16-21-32-93-68-58(72-39(3)77)64(102-48(12)86)62(100-46(10)84)53(105-68)35-96-42(6)80/h37,50-54,58-65,67-69H,14-36H2,1-13H3,(H,70,88)(H,71,89)(H,72,77)(H,73,78)(H,74,90)(H,75,91). The fourth-order valence-corrected chi connectivity index (χ4v) is 11.7. The molecule has 0 aromatic rings. The van der Waals surface area contributed by atoms with Gasteiger partial charge in [0.2, 0.25) is 35.4 Å². The summed E-state index contributed by atoms with van der Waals surface area (Å²) in [5.41, 5.74) is 0. The van der Waals surface area contributed by atoms with Crippen LogP contribution < -0.4 is 31.9 Å². The van der Waals surface area contributed by atoms with Crippen LogP contribution in [0.3, 0.4) is 0 Å². The molecule has 3 heterocycles. The molecule has 3 rings (SSSR count). The van der Waals surface area contributed by atoms with Gasteiger partial charge in [-0.15, -0.1) is 0 Å². The van der Waals surface area contributed by atoms with Crippen molar-refractivity contribution in [3.63, 3.8) is 0 Å². The van der Waals surface area contributed by atoms with Crippen molar-refractivity contribution in [1.82, 2.24) is 31.9 Å². The number of hydrogen-bond acceptors (Lipinski definition) is 31. The zero-order valence-electron chi connectivity index (χ0n) is 62.7. The number of nitrogens with one attached hydrogen (secondary N) is 6. The van der Waals surface area contributed by atoms with Crippen molar-refractivity contribution in [2.24, 2.45) is 5.92 Å². The van der Waals surface area contributed by atoms with E-state index in [4.69, 9.17) is 71.1 Å². The molecule has 3 fully saturated rings. The minimum absolute atomic E-state index is 0.00965. The van der Waals surface area contributed by atoms with E-state index in [1.165, 1.54) is 34.6 Å². The van der Waals surface area contributed by atoms with Crippen LogP contribution in [0.25, 0.3) is 0 Å². The van der Waals surface area contributed by atoms with Gasteiger partial charge in [-0.25, -0.2) is 0 Å². The van der Waals surface area contributed by atoms with Gasteiger partial charge in [0.05, 0.1) is 6.04 Å². The zero-order valence-corrected chi connectivity index (χ0v) is 62.7. The van der Waals surface area contributed by atoms with Crippen LogP contribution in [-0.4, -0.2) is 246 Å². The smallest absolute Gasteiger partial charge is 0.303 e. The van der Waals surface area contributed by atoms with Gasteiger partial charge in [-0.1, -0.05) is 6.92 Å². The first kappa shape index (κ1) is 91.7. The third-order valence-electron chi connectivity index (χ3n) is 16.3. The van der Waals surface area contributed by atoms with Gasteiger partial charge in [-0.05, 0) is 84.0 Å². The van der Waals surface area contributed by atoms with Gasteiger partial charge in [-0.3, -0.25) is 76.7 Å². The summed E-state index contributed by atoms with van der Waals surface area (Å²) in [6.07, 6.45) is -10.8. The maximum atomic E-state index is 14.1. The number of ketones is 1. The van der Waals surface area contributed by atoms with E-state index in [0.717, 1.165) is 48.5 Å². The molecule has 0 aliphatic carbocycles. The minimum atomic E-state index is -1.32. The number of amides is 6. The minimum Gasteiger partial charge on any atom is -0.463 e. The highest BCUT2D eigenvalue weighted by Gasteiger charge is 2.54. The van der Waals surface area contributed by atoms with Crippen LogP contribution in [0.1, 0.15) is 186 Å². The lowest BCUT2D eigenvalue weighted by Gasteiger charge is -2.44. The SMILES string of the molecule is CC(=O)NC1C(OCCCCC(=O)NCCCCC(NC(=O)C(CCCCNC(=O)CCCCOC2OC(COC(C)=O)C(OC(C)=O)C(OC(C)=O)C2NC(C)=O)NC(=O)CCCCOC2OC(COC(C)=O)C(OC(C)=O)C(OC(C)=O)C2C)C(C)=O)OC(COC(C)=O)C(OC(C)=O)C1OC(C)=O. The lowest BCUT2D eigenvalue weighted by Crippen LogP contribution is -2.66. The molecule has 17 unspecified atom stereocenters. The summed E-state index contributed by atoms with van der Waals surface area (Å²) in [4.78, 5) is 199. The van der Waals surface area contributed by atoms with E-state index in [0.29, 0.717) is 57.8 Å². The number of rotatable bonds is 46. The highest BCUT2D eigenvalue weighted by atomic mass is 16.7. The van der Waals surface area contributed by atoms with Crippen LogP contribution >= 0.6 is 0 Å². The quantitative estimate of drug-likeness (QED) is 0.0278. The van der Waals surface area contributed by atoms with Crippen molar-refractivity contribution < 1.29 is 148 Å². The number of unbranched alkanes of at least 4 members (excludes halogenated alkanes) is 5. The van der Waals surface area contributed by atoms with Gasteiger partial charge < -0.3 is 103 Å². The summed E-state index contributed by atoms with van der Waals surface area (Å²) in [5.74, 6) is -10.4. The molecular formula is C69H108N6O31. The van der Waals surface area contributed by atoms with Crippen molar-refractivity contribution in [2.75, 3.05) is 52.7 Å². The van der Waals surface area contributed by atoms with Crippen LogP contribution in [0.5, 0.6) is 0 Å². The van der Waals surface area contributed by atoms with Gasteiger partial charge in [0.1, 0.15) is 62.4 Å². The average molecular weight is 1520 g/mol. The van der Waals surface area contributed by atoms with Gasteiger partial charge in [0.25, 0.3) is 0 Å². The fourth-order valence-electron chi connectivity index (χ4n) is 11.7. The molecule has 3 aliphatic rings. The van der Waals surface area contributed by atoms with Crippen LogP contribution in [0.2, 0.25) is 0 Å². The normalized spacial score (nSPS) is 24.4. The third-order valence-corrected chi connectivity index (χ3v) is 16.3. The highest BCUT2D eigenvalue weighted by molar-refractivity contribution is 5.92. The van der Waals surface area contributed by atoms with Crippen molar-refractivity contribution in [2.45, 2.75) is 284 Å². The Morgan fingerprint density at radius 1 is 0.340 bits per heavy atom. The molecule has 3 saturated heterocycles. The van der Waals surface area contributed by atoms with Crippen LogP contribution in [0, 0.1) is 5.92 Å². The maximum absolute atomic E-state index is 14.1. The number of hydrogen-bond donors (Lipinski definition) is 6. The Morgan fingerprint density at radius 3 is 1.01 bits per heavy atom. The number of esters is 9. The fraction of sp³-hybridized carbons (Fsp3) is 0.768. The van der Waals surface area contributed by atoms with E-state index < -0.39 is 194 Å². The van der Waals surface area contributed by atoms with E-state index in [2.05, 4.69) is 31.9 Å². The number of carbonyl (C=O) groups is 16. The van der Waals surface area contributed by atoms with E-state index in [1.807, 2.05) is 0 Å². The van der Waals surface area contributed by atoms with E-state index >= 15 is 0 Å². The maximum Gasteiger partial charge on any atom is 0.303 e. The Kier molecular flexibility index (Phi) is 42.1. The second kappa shape index (κ2) is 48.6. The van der Waals surface area contributed by atoms with E-state index in [1.54, 1.807) is 6.92 Å². The molecule has 0 saturated carbocycles. The molecule has 0 aromatic carbocycles. The number of Topliss-reactive ketones (excluding diaryl/α,β-unsaturated/α-hetero) is 1. The predicted molar refractivity (Wildman–Crippen MR) is 361 cm³/mol. The molecular weight excluding hydrogens is 1410 g/mol. The summed E-state index contributed by atoms with van der Waals surface area (Å²) < 4.78 is 84.3. The predicted octanol–water partition coefficient (Wildman–Crippen LogP) is 0.778. The molecule has 600 valence electrons. The number of carbonyl (C=O) groups excluding carboxylic acids is 16. The van der Waals surface area contributed by atoms with Crippen molar-refractivity contribution in [3.05, 3.63) is 0 Å². The Labute approximate surface area is 615 Å². The summed E-state index contributed by atoms with van der Waals surface area (Å²) in [7, 11) is 0. The average Bonchev–Trinajstić information content (AvgIpc) is 0.799. The van der Waals surface area contributed by atoms with Crippen molar-refractivity contribution >= 4 is 95.0 Å². The lowest BCUT2D eigenvalue weighted by atomic mass is 9.92. The van der Waals surface area contributed by atoms with Gasteiger partial charge in [0, 0.05) is 134 Å². The van der Waals surface area contributed by atoms with Gasteiger partial charge in [-0.2, -0.15) is 0 Å². The number of ether oxygens (including phenoxy) is 15. The second-order valence-electron chi connectivity index (χ2n) is 25.8. The highest BCUT2D eigenvalue weighted by Crippen LogP contribution is 2.33. The van der Waals surface area contributed by atoms with Crippen LogP contribution in [0.15, 0.2) is 0 Å². The summed E-state index contributed by atoms with van der Waals surface area (Å²) in [6.45, 7) is 14.9. The summed E-state index contributed by atoms with van der Waals surface area (Å²) >= 11 is 0. The van der Waals surface area contributed by atoms with Gasteiger partial charge >= 0.3 is 53.7 Å². The lowest BCUT2D eigenvalue weighted by molar-refractivity contribution is -0.288. The molecule has 106 heavy (non-hydrogen) atoms. The Hall–Kier alpha value is -8.52. The molecule has 6 N–H and O–H groups in total. The van der Waals surface area contributed by atoms with Crippen molar-refractivity contribution in [1.29, 1.82) is 0 Å². The third kappa shape index (κ3) is 35.7. The molecule has 0 radical (unpaired) electrons. The Morgan fingerprint density at radius 2 is 0.660 bits per heavy atom. The molecule has 6 amide bonds. The molecule has 37 nitrogen and oxygen atoms in total. The first-order valence-electron chi connectivity index (χ1n) is 35.5. The van der Waals surface area contributed by atoms with E-state index in [-0.39, 0.29) is 95.6 Å². The molecule has 0 bridgehead atoms. The zero-order chi connectivity index (χ0) is 79.2. The molecule has 0 spiro atoms. The topological polar surface area (TPSA) is 484 Å². The van der Waals surface area contributed by atoms with E-state index in [9.17, 15) is 76.7 Å². The summed E-state index contributed by atoms with van der Waals surface area (Å²) in [5, 5.41) is 16.4. The molecule has 0 aromatic heterocycles. The largest absolute Gasteiger partial charge is 0.463 e. The monoisotopic (exact) mass is 1520 g/mol. The Bertz CT molecular complexity index is 2950. The first-order valence-corrected chi connectivity index (χ1v) is 35.5.